The van der Waals surface area contributed by atoms with Crippen LogP contribution in [0.25, 0.3) is 0 Å². The molecule has 1 aromatic heterocycles. The Morgan fingerprint density at radius 3 is 2.85 bits per heavy atom. The fourth-order valence-electron chi connectivity index (χ4n) is 1.20. The SMILES string of the molecule is CCCCCNCc1ccc(N)o1. The van der Waals surface area contributed by atoms with Gasteiger partial charge in [-0.25, -0.2) is 0 Å². The molecule has 0 amide bonds. The fraction of sp³-hybridized carbons (Fsp3) is 0.600. The van der Waals surface area contributed by atoms with Gasteiger partial charge in [-0.2, -0.15) is 0 Å². The Hall–Kier alpha value is -0.960. The monoisotopic (exact) mass is 182 g/mol. The van der Waals surface area contributed by atoms with Crippen LogP contribution < -0.4 is 11.1 Å². The van der Waals surface area contributed by atoms with Crippen molar-refractivity contribution in [3.05, 3.63) is 17.9 Å². The average molecular weight is 182 g/mol. The third kappa shape index (κ3) is 3.99. The first-order valence-corrected chi connectivity index (χ1v) is 4.88. The summed E-state index contributed by atoms with van der Waals surface area (Å²) in [6.45, 7) is 4.03. The van der Waals surface area contributed by atoms with Crippen molar-refractivity contribution in [2.45, 2.75) is 32.7 Å². The lowest BCUT2D eigenvalue weighted by molar-refractivity contribution is 0.492. The molecule has 3 heteroatoms. The van der Waals surface area contributed by atoms with Crippen LogP contribution in [0.3, 0.4) is 0 Å². The minimum Gasteiger partial charge on any atom is -0.445 e. The van der Waals surface area contributed by atoms with Crippen molar-refractivity contribution in [1.29, 1.82) is 0 Å². The number of rotatable bonds is 6. The molecule has 0 bridgehead atoms. The lowest BCUT2D eigenvalue weighted by Gasteiger charge is -2.00. The van der Waals surface area contributed by atoms with Gasteiger partial charge in [0.2, 0.25) is 0 Å². The van der Waals surface area contributed by atoms with E-state index in [0.29, 0.717) is 5.88 Å². The summed E-state index contributed by atoms with van der Waals surface area (Å²) in [6, 6.07) is 3.69. The van der Waals surface area contributed by atoms with E-state index in [2.05, 4.69) is 12.2 Å². The van der Waals surface area contributed by atoms with Crippen LogP contribution in [0.15, 0.2) is 16.5 Å². The van der Waals surface area contributed by atoms with Gasteiger partial charge in [0.1, 0.15) is 5.76 Å². The Bertz CT molecular complexity index is 233. The van der Waals surface area contributed by atoms with Crippen molar-refractivity contribution in [2.24, 2.45) is 0 Å². The summed E-state index contributed by atoms with van der Waals surface area (Å²) in [6.07, 6.45) is 3.77. The first kappa shape index (κ1) is 10.1. The first-order valence-electron chi connectivity index (χ1n) is 4.88. The van der Waals surface area contributed by atoms with Crippen molar-refractivity contribution < 1.29 is 4.42 Å². The zero-order chi connectivity index (χ0) is 9.52. The highest BCUT2D eigenvalue weighted by Crippen LogP contribution is 2.08. The summed E-state index contributed by atoms with van der Waals surface area (Å²) in [5.74, 6) is 1.40. The molecular formula is C10H18N2O. The minimum atomic E-state index is 0.491. The van der Waals surface area contributed by atoms with Crippen molar-refractivity contribution in [3.8, 4) is 0 Å². The Morgan fingerprint density at radius 2 is 2.23 bits per heavy atom. The summed E-state index contributed by atoms with van der Waals surface area (Å²) in [7, 11) is 0. The number of hydrogen-bond donors (Lipinski definition) is 2. The molecule has 0 unspecified atom stereocenters. The third-order valence-corrected chi connectivity index (χ3v) is 1.94. The highest BCUT2D eigenvalue weighted by molar-refractivity contribution is 5.25. The van der Waals surface area contributed by atoms with Crippen LogP contribution in [0.1, 0.15) is 31.9 Å². The number of hydrogen-bond acceptors (Lipinski definition) is 3. The number of anilines is 1. The molecule has 0 aliphatic rings. The second-order valence-corrected chi connectivity index (χ2v) is 3.19. The normalized spacial score (nSPS) is 10.5. The molecule has 13 heavy (non-hydrogen) atoms. The van der Waals surface area contributed by atoms with E-state index in [1.54, 1.807) is 6.07 Å². The van der Waals surface area contributed by atoms with E-state index in [9.17, 15) is 0 Å². The molecule has 0 radical (unpaired) electrons. The molecule has 0 spiro atoms. The van der Waals surface area contributed by atoms with Gasteiger partial charge >= 0.3 is 0 Å². The number of nitrogens with one attached hydrogen (secondary N) is 1. The van der Waals surface area contributed by atoms with Crippen LogP contribution in [0.4, 0.5) is 5.88 Å². The third-order valence-electron chi connectivity index (χ3n) is 1.94. The van der Waals surface area contributed by atoms with E-state index in [0.717, 1.165) is 18.8 Å². The zero-order valence-corrected chi connectivity index (χ0v) is 8.18. The van der Waals surface area contributed by atoms with E-state index in [1.807, 2.05) is 6.07 Å². The Labute approximate surface area is 79.3 Å². The van der Waals surface area contributed by atoms with Gasteiger partial charge in [0.15, 0.2) is 5.88 Å². The molecule has 0 aromatic carbocycles. The first-order chi connectivity index (χ1) is 6.33. The molecular weight excluding hydrogens is 164 g/mol. The maximum atomic E-state index is 5.44. The van der Waals surface area contributed by atoms with Gasteiger partial charge in [0.25, 0.3) is 0 Å². The van der Waals surface area contributed by atoms with E-state index in [1.165, 1.54) is 19.3 Å². The van der Waals surface area contributed by atoms with E-state index < -0.39 is 0 Å². The van der Waals surface area contributed by atoms with Gasteiger partial charge in [0.05, 0.1) is 6.54 Å². The molecule has 0 aliphatic heterocycles. The van der Waals surface area contributed by atoms with Gasteiger partial charge < -0.3 is 15.5 Å². The topological polar surface area (TPSA) is 51.2 Å². The second kappa shape index (κ2) is 5.65. The van der Waals surface area contributed by atoms with Crippen molar-refractivity contribution in [2.75, 3.05) is 12.3 Å². The summed E-state index contributed by atoms with van der Waals surface area (Å²) in [5, 5.41) is 3.30. The fourth-order valence-corrected chi connectivity index (χ4v) is 1.20. The van der Waals surface area contributed by atoms with Gasteiger partial charge in [-0.15, -0.1) is 0 Å². The standard InChI is InChI=1S/C10H18N2O/c1-2-3-4-7-12-8-9-5-6-10(11)13-9/h5-6,12H,2-4,7-8,11H2,1H3. The molecule has 0 atom stereocenters. The molecule has 1 aromatic rings. The van der Waals surface area contributed by atoms with Crippen molar-refractivity contribution >= 4 is 5.88 Å². The predicted molar refractivity (Wildman–Crippen MR) is 54.4 cm³/mol. The van der Waals surface area contributed by atoms with Crippen LogP contribution in [0.5, 0.6) is 0 Å². The molecule has 74 valence electrons. The number of unbranched alkanes of at least 4 members (excludes halogenated alkanes) is 2. The highest BCUT2D eigenvalue weighted by Gasteiger charge is 1.96. The van der Waals surface area contributed by atoms with Crippen molar-refractivity contribution in [1.82, 2.24) is 5.32 Å². The molecule has 0 saturated carbocycles. The molecule has 3 N–H and O–H groups in total. The molecule has 1 heterocycles. The number of furan rings is 1. The van der Waals surface area contributed by atoms with Crippen molar-refractivity contribution in [3.63, 3.8) is 0 Å². The van der Waals surface area contributed by atoms with Crippen LogP contribution in [0, 0.1) is 0 Å². The van der Waals surface area contributed by atoms with E-state index in [-0.39, 0.29) is 0 Å². The number of nitrogens with two attached hydrogens (primary N) is 1. The van der Waals surface area contributed by atoms with E-state index >= 15 is 0 Å². The summed E-state index contributed by atoms with van der Waals surface area (Å²) in [5.41, 5.74) is 5.44. The maximum Gasteiger partial charge on any atom is 0.190 e. The highest BCUT2D eigenvalue weighted by atomic mass is 16.4. The second-order valence-electron chi connectivity index (χ2n) is 3.19. The van der Waals surface area contributed by atoms with Crippen LogP contribution in [-0.4, -0.2) is 6.54 Å². The molecule has 1 rings (SSSR count). The average Bonchev–Trinajstić information content (AvgIpc) is 2.51. The number of nitrogen functional groups attached to an aromatic ring is 1. The molecule has 0 saturated heterocycles. The van der Waals surface area contributed by atoms with E-state index in [4.69, 9.17) is 10.2 Å². The van der Waals surface area contributed by atoms with Crippen LogP contribution >= 0.6 is 0 Å². The van der Waals surface area contributed by atoms with Crippen LogP contribution in [0.2, 0.25) is 0 Å². The van der Waals surface area contributed by atoms with Gasteiger partial charge in [0, 0.05) is 6.07 Å². The largest absolute Gasteiger partial charge is 0.445 e. The Morgan fingerprint density at radius 1 is 1.38 bits per heavy atom. The van der Waals surface area contributed by atoms with Gasteiger partial charge in [-0.05, 0) is 19.0 Å². The minimum absolute atomic E-state index is 0.491. The quantitative estimate of drug-likeness (QED) is 0.663. The molecule has 0 aliphatic carbocycles. The summed E-state index contributed by atoms with van der Waals surface area (Å²) < 4.78 is 5.21. The summed E-state index contributed by atoms with van der Waals surface area (Å²) >= 11 is 0. The Balaban J connectivity index is 2.06. The Kier molecular flexibility index (Phi) is 4.40. The van der Waals surface area contributed by atoms with Gasteiger partial charge in [-0.1, -0.05) is 19.8 Å². The van der Waals surface area contributed by atoms with Gasteiger partial charge in [-0.3, -0.25) is 0 Å². The molecule has 3 nitrogen and oxygen atoms in total. The maximum absolute atomic E-state index is 5.44. The predicted octanol–water partition coefficient (Wildman–Crippen LogP) is 2.14. The summed E-state index contributed by atoms with van der Waals surface area (Å²) in [4.78, 5) is 0. The smallest absolute Gasteiger partial charge is 0.190 e. The molecule has 0 fully saturated rings. The van der Waals surface area contributed by atoms with Crippen LogP contribution in [-0.2, 0) is 6.54 Å². The zero-order valence-electron chi connectivity index (χ0n) is 8.18. The lowest BCUT2D eigenvalue weighted by Crippen LogP contribution is -2.13. The lowest BCUT2D eigenvalue weighted by atomic mass is 10.2.